The predicted octanol–water partition coefficient (Wildman–Crippen LogP) is 2.63. The van der Waals surface area contributed by atoms with Gasteiger partial charge < -0.3 is 10.5 Å². The fourth-order valence-electron chi connectivity index (χ4n) is 2.01. The maximum Gasteiger partial charge on any atom is 0.271 e. The highest BCUT2D eigenvalue weighted by Crippen LogP contribution is 2.18. The van der Waals surface area contributed by atoms with Gasteiger partial charge in [0.05, 0.1) is 7.11 Å². The molecule has 0 fully saturated rings. The van der Waals surface area contributed by atoms with Crippen LogP contribution in [0.4, 0.5) is 5.69 Å². The van der Waals surface area contributed by atoms with Crippen LogP contribution in [0.15, 0.2) is 53.6 Å². The summed E-state index contributed by atoms with van der Waals surface area (Å²) in [5, 5.41) is 4.12. The van der Waals surface area contributed by atoms with Crippen LogP contribution in [0.2, 0.25) is 0 Å². The molecule has 0 spiro atoms. The predicted molar refractivity (Wildman–Crippen MR) is 88.1 cm³/mol. The fraction of sp³-hybridized carbons (Fsp3) is 0.176. The van der Waals surface area contributed by atoms with Gasteiger partial charge in [-0.05, 0) is 42.8 Å². The molecule has 1 amide bonds. The minimum atomic E-state index is -0.264. The molecule has 0 saturated heterocycles. The third kappa shape index (κ3) is 4.09. The quantitative estimate of drug-likeness (QED) is 0.506. The van der Waals surface area contributed by atoms with Gasteiger partial charge in [-0.1, -0.05) is 18.2 Å². The fourth-order valence-corrected chi connectivity index (χ4v) is 2.01. The molecule has 0 aliphatic heterocycles. The Morgan fingerprint density at radius 1 is 1.18 bits per heavy atom. The van der Waals surface area contributed by atoms with Crippen LogP contribution in [0.5, 0.6) is 5.75 Å². The number of nitrogens with one attached hydrogen (secondary N) is 1. The molecular formula is C17H19N3O2. The summed E-state index contributed by atoms with van der Waals surface area (Å²) in [7, 11) is 1.63. The zero-order valence-electron chi connectivity index (χ0n) is 12.7. The smallest absolute Gasteiger partial charge is 0.271 e. The molecule has 5 nitrogen and oxygen atoms in total. The average molecular weight is 297 g/mol. The van der Waals surface area contributed by atoms with E-state index in [2.05, 4.69) is 10.5 Å². The third-order valence-electron chi connectivity index (χ3n) is 3.16. The van der Waals surface area contributed by atoms with E-state index in [1.54, 1.807) is 31.4 Å². The van der Waals surface area contributed by atoms with Gasteiger partial charge in [-0.2, -0.15) is 5.10 Å². The van der Waals surface area contributed by atoms with E-state index in [9.17, 15) is 4.79 Å². The number of carbonyl (C=O) groups excluding carboxylic acids is 1. The molecule has 114 valence electrons. The minimum absolute atomic E-state index is 0.264. The highest BCUT2D eigenvalue weighted by Gasteiger charge is 2.06. The summed E-state index contributed by atoms with van der Waals surface area (Å²) in [5.74, 6) is 0.543. The molecule has 5 heteroatoms. The lowest BCUT2D eigenvalue weighted by Gasteiger charge is -2.08. The van der Waals surface area contributed by atoms with Gasteiger partial charge in [0.1, 0.15) is 5.75 Å². The molecule has 0 radical (unpaired) electrons. The van der Waals surface area contributed by atoms with Gasteiger partial charge in [-0.3, -0.25) is 4.79 Å². The molecule has 0 bridgehead atoms. The van der Waals surface area contributed by atoms with Crippen LogP contribution in [-0.4, -0.2) is 18.7 Å². The zero-order valence-corrected chi connectivity index (χ0v) is 12.7. The van der Waals surface area contributed by atoms with Crippen molar-refractivity contribution in [3.8, 4) is 5.75 Å². The van der Waals surface area contributed by atoms with Gasteiger partial charge in [0.2, 0.25) is 0 Å². The summed E-state index contributed by atoms with van der Waals surface area (Å²) >= 11 is 0. The van der Waals surface area contributed by atoms with E-state index in [0.717, 1.165) is 17.0 Å². The number of para-hydroxylation sites is 1. The molecule has 0 atom stereocenters. The number of amides is 1. The van der Waals surface area contributed by atoms with Gasteiger partial charge in [-0.15, -0.1) is 0 Å². The standard InChI is InChI=1S/C17H19N3O2/c1-12(11-14-5-3-4-6-16(14)22-2)19-20-17(21)13-7-9-15(18)10-8-13/h3-10H,11,18H2,1-2H3,(H,20,21)/b19-12-. The Bertz CT molecular complexity index is 679. The summed E-state index contributed by atoms with van der Waals surface area (Å²) in [5.41, 5.74) is 11.1. The first-order chi connectivity index (χ1) is 10.6. The lowest BCUT2D eigenvalue weighted by molar-refractivity contribution is 0.0954. The van der Waals surface area contributed by atoms with Crippen molar-refractivity contribution in [2.45, 2.75) is 13.3 Å². The molecule has 0 saturated carbocycles. The highest BCUT2D eigenvalue weighted by atomic mass is 16.5. The Labute approximate surface area is 129 Å². The number of carbonyl (C=O) groups is 1. The number of hydrogen-bond acceptors (Lipinski definition) is 4. The van der Waals surface area contributed by atoms with Crippen molar-refractivity contribution in [2.24, 2.45) is 5.10 Å². The molecule has 2 aromatic carbocycles. The van der Waals surface area contributed by atoms with Crippen LogP contribution in [0.3, 0.4) is 0 Å². The van der Waals surface area contributed by atoms with Gasteiger partial charge >= 0.3 is 0 Å². The van der Waals surface area contributed by atoms with Crippen LogP contribution in [-0.2, 0) is 6.42 Å². The highest BCUT2D eigenvalue weighted by molar-refractivity contribution is 5.95. The minimum Gasteiger partial charge on any atom is -0.496 e. The lowest BCUT2D eigenvalue weighted by Crippen LogP contribution is -2.19. The first-order valence-electron chi connectivity index (χ1n) is 6.91. The van der Waals surface area contributed by atoms with Gasteiger partial charge in [0, 0.05) is 23.4 Å². The first kappa shape index (κ1) is 15.6. The Hall–Kier alpha value is -2.82. The van der Waals surface area contributed by atoms with Gasteiger partial charge in [-0.25, -0.2) is 5.43 Å². The number of anilines is 1. The summed E-state index contributed by atoms with van der Waals surface area (Å²) in [4.78, 5) is 12.0. The Morgan fingerprint density at radius 3 is 2.55 bits per heavy atom. The largest absolute Gasteiger partial charge is 0.496 e. The maximum atomic E-state index is 12.0. The molecule has 3 N–H and O–H groups in total. The number of nitrogens with two attached hydrogens (primary N) is 1. The van der Waals surface area contributed by atoms with E-state index in [0.29, 0.717) is 17.7 Å². The van der Waals surface area contributed by atoms with E-state index in [4.69, 9.17) is 10.5 Å². The van der Waals surface area contributed by atoms with E-state index >= 15 is 0 Å². The van der Waals surface area contributed by atoms with Crippen molar-refractivity contribution < 1.29 is 9.53 Å². The molecular weight excluding hydrogens is 278 g/mol. The molecule has 0 aromatic heterocycles. The number of nitrogens with zero attached hydrogens (tertiary/aromatic N) is 1. The molecule has 0 aliphatic rings. The van der Waals surface area contributed by atoms with Crippen molar-refractivity contribution in [3.63, 3.8) is 0 Å². The Morgan fingerprint density at radius 2 is 1.86 bits per heavy atom. The van der Waals surface area contributed by atoms with Crippen molar-refractivity contribution in [2.75, 3.05) is 12.8 Å². The van der Waals surface area contributed by atoms with Crippen molar-refractivity contribution in [1.82, 2.24) is 5.43 Å². The summed E-state index contributed by atoms with van der Waals surface area (Å²) in [6.45, 7) is 1.86. The van der Waals surface area contributed by atoms with Crippen LogP contribution >= 0.6 is 0 Å². The summed E-state index contributed by atoms with van der Waals surface area (Å²) in [6, 6.07) is 14.4. The van der Waals surface area contributed by atoms with E-state index in [1.165, 1.54) is 0 Å². The summed E-state index contributed by atoms with van der Waals surface area (Å²) in [6.07, 6.45) is 0.603. The monoisotopic (exact) mass is 297 g/mol. The second-order valence-corrected chi connectivity index (χ2v) is 4.90. The summed E-state index contributed by atoms with van der Waals surface area (Å²) < 4.78 is 5.30. The van der Waals surface area contributed by atoms with Crippen LogP contribution in [0, 0.1) is 0 Å². The van der Waals surface area contributed by atoms with Gasteiger partial charge in [0.25, 0.3) is 5.91 Å². The third-order valence-corrected chi connectivity index (χ3v) is 3.16. The SMILES string of the molecule is COc1ccccc1C/C(C)=N\NC(=O)c1ccc(N)cc1. The van der Waals surface area contributed by atoms with E-state index < -0.39 is 0 Å². The van der Waals surface area contributed by atoms with Crippen molar-refractivity contribution in [1.29, 1.82) is 0 Å². The van der Waals surface area contributed by atoms with E-state index in [1.807, 2.05) is 31.2 Å². The number of hydrogen-bond donors (Lipinski definition) is 2. The number of benzene rings is 2. The second kappa shape index (κ2) is 7.26. The molecule has 0 unspecified atom stereocenters. The molecule has 22 heavy (non-hydrogen) atoms. The van der Waals surface area contributed by atoms with E-state index in [-0.39, 0.29) is 5.91 Å². The lowest BCUT2D eigenvalue weighted by atomic mass is 10.1. The average Bonchev–Trinajstić information content (AvgIpc) is 2.54. The van der Waals surface area contributed by atoms with Crippen LogP contribution in [0.1, 0.15) is 22.8 Å². The Kier molecular flexibility index (Phi) is 5.14. The van der Waals surface area contributed by atoms with Gasteiger partial charge in [0.15, 0.2) is 0 Å². The zero-order chi connectivity index (χ0) is 15.9. The molecule has 0 heterocycles. The normalized spacial score (nSPS) is 11.1. The Balaban J connectivity index is 2.00. The number of ether oxygens (including phenoxy) is 1. The number of methoxy groups -OCH3 is 1. The number of nitrogen functional groups attached to an aromatic ring is 1. The molecule has 2 rings (SSSR count). The second-order valence-electron chi connectivity index (χ2n) is 4.90. The van der Waals surface area contributed by atoms with Crippen molar-refractivity contribution in [3.05, 3.63) is 59.7 Å². The number of rotatable bonds is 5. The molecule has 0 aliphatic carbocycles. The van der Waals surface area contributed by atoms with Crippen molar-refractivity contribution >= 4 is 17.3 Å². The molecule has 2 aromatic rings. The maximum absolute atomic E-state index is 12.0. The van der Waals surface area contributed by atoms with Crippen LogP contribution in [0.25, 0.3) is 0 Å². The number of hydrazone groups is 1. The van der Waals surface area contributed by atoms with Crippen LogP contribution < -0.4 is 15.9 Å². The topological polar surface area (TPSA) is 76.7 Å². The first-order valence-corrected chi connectivity index (χ1v) is 6.91.